The summed E-state index contributed by atoms with van der Waals surface area (Å²) in [6, 6.07) is 7.80. The molecule has 0 aliphatic carbocycles. The molecule has 1 aromatic heterocycles. The average Bonchev–Trinajstić information content (AvgIpc) is 3.00. The van der Waals surface area contributed by atoms with Crippen molar-refractivity contribution in [1.82, 2.24) is 9.88 Å². The van der Waals surface area contributed by atoms with Crippen molar-refractivity contribution >= 4 is 15.7 Å². The zero-order valence-corrected chi connectivity index (χ0v) is 19.4. The number of halogens is 1. The van der Waals surface area contributed by atoms with Gasteiger partial charge in [-0.15, -0.1) is 0 Å². The number of hydrogen-bond donors (Lipinski definition) is 1. The third-order valence-electron chi connectivity index (χ3n) is 6.37. The number of aromatic nitrogens is 1. The van der Waals surface area contributed by atoms with Gasteiger partial charge in [0, 0.05) is 51.3 Å². The number of rotatable bonds is 6. The van der Waals surface area contributed by atoms with Gasteiger partial charge in [0.1, 0.15) is 11.4 Å². The summed E-state index contributed by atoms with van der Waals surface area (Å²) in [5.41, 5.74) is 1.27. The third kappa shape index (κ3) is 4.74. The Balaban J connectivity index is 1.57. The number of anilines is 1. The van der Waals surface area contributed by atoms with Crippen LogP contribution in [0.3, 0.4) is 0 Å². The van der Waals surface area contributed by atoms with Gasteiger partial charge >= 0.3 is 0 Å². The van der Waals surface area contributed by atoms with Gasteiger partial charge < -0.3 is 14.4 Å². The fraction of sp³-hybridized carbons (Fsp3) is 0.522. The molecule has 1 aromatic carbocycles. The molecule has 4 rings (SSSR count). The minimum Gasteiger partial charge on any atom is -0.479 e. The Labute approximate surface area is 189 Å². The first-order valence-electron chi connectivity index (χ1n) is 11.0. The van der Waals surface area contributed by atoms with Crippen molar-refractivity contribution < 1.29 is 22.3 Å². The molecular weight excluding hydrogens is 433 g/mol. The van der Waals surface area contributed by atoms with E-state index in [4.69, 9.17) is 9.47 Å². The summed E-state index contributed by atoms with van der Waals surface area (Å²) in [6.45, 7) is 5.63. The molecule has 7 nitrogen and oxygen atoms in total. The first kappa shape index (κ1) is 22.9. The van der Waals surface area contributed by atoms with Gasteiger partial charge in [-0.2, -0.15) is 0 Å². The fourth-order valence-corrected chi connectivity index (χ4v) is 5.37. The molecule has 0 spiro atoms. The number of pyridine rings is 1. The van der Waals surface area contributed by atoms with Gasteiger partial charge in [0.05, 0.1) is 12.0 Å². The number of methoxy groups -OCH3 is 1. The molecule has 1 fully saturated rings. The highest BCUT2D eigenvalue weighted by molar-refractivity contribution is 7.92. The molecule has 1 saturated heterocycles. The van der Waals surface area contributed by atoms with E-state index in [1.165, 1.54) is 19.2 Å². The summed E-state index contributed by atoms with van der Waals surface area (Å²) >= 11 is 0. The monoisotopic (exact) mass is 463 g/mol. The number of nitrogens with zero attached hydrogens (tertiary/aromatic N) is 2. The Bertz CT molecular complexity index is 1050. The molecule has 0 amide bonds. The average molecular weight is 464 g/mol. The van der Waals surface area contributed by atoms with Crippen LogP contribution in [-0.2, 0) is 33.3 Å². The van der Waals surface area contributed by atoms with Crippen LogP contribution in [0, 0.1) is 0 Å². The van der Waals surface area contributed by atoms with Crippen LogP contribution in [-0.4, -0.2) is 58.3 Å². The Morgan fingerprint density at radius 1 is 1.19 bits per heavy atom. The smallest absolute Gasteiger partial charge is 0.262 e. The molecule has 0 radical (unpaired) electrons. The largest absolute Gasteiger partial charge is 0.479 e. The second-order valence-corrected chi connectivity index (χ2v) is 9.98. The molecule has 9 heteroatoms. The minimum atomic E-state index is -3.89. The zero-order chi connectivity index (χ0) is 22.8. The van der Waals surface area contributed by atoms with E-state index in [2.05, 4.69) is 21.5 Å². The molecule has 3 heterocycles. The third-order valence-corrected chi connectivity index (χ3v) is 7.75. The first-order chi connectivity index (χ1) is 15.3. The number of hydrogen-bond acceptors (Lipinski definition) is 6. The van der Waals surface area contributed by atoms with Gasteiger partial charge in [0.25, 0.3) is 10.0 Å². The molecular formula is C23H30FN3O4S. The number of sulfonamides is 1. The van der Waals surface area contributed by atoms with Gasteiger partial charge in [0.15, 0.2) is 0 Å². The number of alkyl halides is 1. The van der Waals surface area contributed by atoms with Crippen LogP contribution < -0.4 is 9.46 Å². The highest BCUT2D eigenvalue weighted by atomic mass is 32.2. The van der Waals surface area contributed by atoms with Crippen LogP contribution in [0.15, 0.2) is 35.2 Å². The van der Waals surface area contributed by atoms with Crippen LogP contribution in [0.2, 0.25) is 0 Å². The highest BCUT2D eigenvalue weighted by Crippen LogP contribution is 2.37. The van der Waals surface area contributed by atoms with Crippen LogP contribution in [0.5, 0.6) is 5.88 Å². The van der Waals surface area contributed by atoms with Crippen molar-refractivity contribution in [2.24, 2.45) is 0 Å². The maximum atomic E-state index is 15.2. The Kier molecular flexibility index (Phi) is 6.69. The Morgan fingerprint density at radius 2 is 1.88 bits per heavy atom. The highest BCUT2D eigenvalue weighted by Gasteiger charge is 2.34. The molecule has 0 saturated carbocycles. The predicted octanol–water partition coefficient (Wildman–Crippen LogP) is 3.29. The number of likely N-dealkylation sites (N-methyl/N-ethyl adjacent to an activating group) is 1. The summed E-state index contributed by atoms with van der Waals surface area (Å²) in [7, 11) is -2.41. The topological polar surface area (TPSA) is 80.8 Å². The second-order valence-electron chi connectivity index (χ2n) is 8.29. The zero-order valence-electron chi connectivity index (χ0n) is 18.6. The molecule has 2 aliphatic rings. The van der Waals surface area contributed by atoms with E-state index in [1.807, 2.05) is 6.07 Å². The molecule has 2 aromatic rings. The van der Waals surface area contributed by atoms with Gasteiger partial charge in [-0.1, -0.05) is 19.1 Å². The van der Waals surface area contributed by atoms with Crippen molar-refractivity contribution in [2.45, 2.75) is 43.2 Å². The Morgan fingerprint density at radius 3 is 2.53 bits per heavy atom. The lowest BCUT2D eigenvalue weighted by atomic mass is 9.88. The molecule has 174 valence electrons. The van der Waals surface area contributed by atoms with Crippen molar-refractivity contribution in [1.29, 1.82) is 0 Å². The SMILES string of the molecule is CCN1CCc2cc(NS(=O)(=O)c3ccc(C4(F)CCOCC4)cc3)c(OC)nc2CC1. The lowest BCUT2D eigenvalue weighted by Gasteiger charge is -2.30. The maximum Gasteiger partial charge on any atom is 0.262 e. The van der Waals surface area contributed by atoms with Crippen molar-refractivity contribution in [2.75, 3.05) is 44.7 Å². The quantitative estimate of drug-likeness (QED) is 0.708. The summed E-state index contributed by atoms with van der Waals surface area (Å²) in [6.07, 6.45) is 2.13. The van der Waals surface area contributed by atoms with E-state index < -0.39 is 15.7 Å². The summed E-state index contributed by atoms with van der Waals surface area (Å²) in [5.74, 6) is 0.249. The van der Waals surface area contributed by atoms with E-state index in [-0.39, 0.29) is 23.6 Å². The number of nitrogens with one attached hydrogen (secondary N) is 1. The standard InChI is InChI=1S/C23H30FN3O4S/c1-3-27-12-8-17-16-21(22(30-2)25-20(17)9-13-27)26-32(28,29)19-6-4-18(5-7-19)23(24)10-14-31-15-11-23/h4-7,16,26H,3,8-15H2,1-2H3. The van der Waals surface area contributed by atoms with Crippen LogP contribution in [0.4, 0.5) is 10.1 Å². The molecule has 0 bridgehead atoms. The first-order valence-corrected chi connectivity index (χ1v) is 12.5. The van der Waals surface area contributed by atoms with Crippen molar-refractivity contribution in [3.8, 4) is 5.88 Å². The van der Waals surface area contributed by atoms with Crippen LogP contribution >= 0.6 is 0 Å². The fourth-order valence-electron chi connectivity index (χ4n) is 4.33. The van der Waals surface area contributed by atoms with Crippen molar-refractivity contribution in [3.63, 3.8) is 0 Å². The molecule has 0 atom stereocenters. The normalized spacial score (nSPS) is 19.1. The van der Waals surface area contributed by atoms with E-state index in [1.54, 1.807) is 12.1 Å². The van der Waals surface area contributed by atoms with E-state index in [0.717, 1.165) is 43.7 Å². The van der Waals surface area contributed by atoms with Crippen LogP contribution in [0.1, 0.15) is 36.6 Å². The summed E-state index contributed by atoms with van der Waals surface area (Å²) in [4.78, 5) is 6.99. The van der Waals surface area contributed by atoms with Gasteiger partial charge in [-0.05, 0) is 42.3 Å². The van der Waals surface area contributed by atoms with E-state index in [9.17, 15) is 8.42 Å². The van der Waals surface area contributed by atoms with Gasteiger partial charge in [0.2, 0.25) is 5.88 Å². The Hall–Kier alpha value is -2.23. The number of benzene rings is 1. The van der Waals surface area contributed by atoms with Crippen LogP contribution in [0.25, 0.3) is 0 Å². The summed E-state index contributed by atoms with van der Waals surface area (Å²) in [5, 5.41) is 0. The predicted molar refractivity (Wildman–Crippen MR) is 120 cm³/mol. The van der Waals surface area contributed by atoms with Gasteiger partial charge in [-0.25, -0.2) is 17.8 Å². The molecule has 32 heavy (non-hydrogen) atoms. The molecule has 0 unspecified atom stereocenters. The lowest BCUT2D eigenvalue weighted by Crippen LogP contribution is -2.29. The lowest BCUT2D eigenvalue weighted by molar-refractivity contribution is -0.0115. The van der Waals surface area contributed by atoms with Crippen molar-refractivity contribution in [3.05, 3.63) is 47.2 Å². The molecule has 2 aliphatic heterocycles. The summed E-state index contributed by atoms with van der Waals surface area (Å²) < 4.78 is 54.5. The minimum absolute atomic E-state index is 0.0612. The maximum absolute atomic E-state index is 15.2. The van der Waals surface area contributed by atoms with E-state index >= 15 is 4.39 Å². The van der Waals surface area contributed by atoms with Gasteiger partial charge in [-0.3, -0.25) is 4.72 Å². The van der Waals surface area contributed by atoms with E-state index in [0.29, 0.717) is 24.5 Å². The number of fused-ring (bicyclic) bond motifs is 1. The number of ether oxygens (including phenoxy) is 2. The molecule has 1 N–H and O–H groups in total. The second kappa shape index (κ2) is 9.33.